The van der Waals surface area contributed by atoms with Gasteiger partial charge in [0.2, 0.25) is 0 Å². The maximum absolute atomic E-state index is 6.01. The first-order valence-corrected chi connectivity index (χ1v) is 8.64. The van der Waals surface area contributed by atoms with Gasteiger partial charge in [0.25, 0.3) is 0 Å². The summed E-state index contributed by atoms with van der Waals surface area (Å²) in [6.07, 6.45) is 4.87. The lowest BCUT2D eigenvalue weighted by molar-refractivity contribution is 0.641. The van der Waals surface area contributed by atoms with Crippen LogP contribution in [-0.2, 0) is 0 Å². The predicted molar refractivity (Wildman–Crippen MR) is 101 cm³/mol. The number of aromatic nitrogens is 2. The second-order valence-corrected chi connectivity index (χ2v) is 7.17. The number of thioether (sulfide) groups is 1. The van der Waals surface area contributed by atoms with Crippen LogP contribution >= 0.6 is 35.6 Å². The van der Waals surface area contributed by atoms with Gasteiger partial charge in [-0.1, -0.05) is 36.4 Å². The summed E-state index contributed by atoms with van der Waals surface area (Å²) < 4.78 is 0. The van der Waals surface area contributed by atoms with Gasteiger partial charge in [-0.2, -0.15) is 0 Å². The first-order chi connectivity index (χ1) is 11.1. The van der Waals surface area contributed by atoms with Crippen molar-refractivity contribution in [2.75, 3.05) is 11.9 Å². The number of hydrogen-bond acceptors (Lipinski definition) is 5. The molecule has 0 saturated carbocycles. The fraction of sp³-hybridized carbons (Fsp3) is 0.200. The molecule has 1 saturated heterocycles. The Morgan fingerprint density at radius 1 is 1.48 bits per heavy atom. The summed E-state index contributed by atoms with van der Waals surface area (Å²) in [5, 5.41) is 5.67. The first-order valence-electron chi connectivity index (χ1n) is 6.97. The largest absolute Gasteiger partial charge is 0.332 e. The first kappa shape index (κ1) is 16.2. The summed E-state index contributed by atoms with van der Waals surface area (Å²) in [5.41, 5.74) is 0.853. The topological polar surface area (TPSA) is 53.4 Å². The van der Waals surface area contributed by atoms with E-state index in [0.717, 1.165) is 17.4 Å². The minimum Gasteiger partial charge on any atom is -0.332 e. The highest BCUT2D eigenvalue weighted by Crippen LogP contribution is 2.28. The Labute approximate surface area is 149 Å². The van der Waals surface area contributed by atoms with Crippen molar-refractivity contribution in [2.24, 2.45) is 4.99 Å². The standard InChI is InChI=1S/C15H14ClN5S2/c1-10-9-21(14(22)19-12-4-2-3-11(16)7-12)15(23-10)20-13-8-17-5-6-18-13/h2-8,10H,9H2,1H3,(H,19,22). The molecular weight excluding hydrogens is 350 g/mol. The van der Waals surface area contributed by atoms with Crippen LogP contribution in [-0.4, -0.2) is 36.9 Å². The molecule has 1 atom stereocenters. The summed E-state index contributed by atoms with van der Waals surface area (Å²) in [6.45, 7) is 2.93. The fourth-order valence-corrected chi connectivity index (χ4v) is 3.63. The Kier molecular flexibility index (Phi) is 5.09. The zero-order valence-corrected chi connectivity index (χ0v) is 14.7. The van der Waals surface area contributed by atoms with Crippen LogP contribution in [0.2, 0.25) is 5.02 Å². The minimum absolute atomic E-state index is 0.393. The van der Waals surface area contributed by atoms with Crippen LogP contribution in [0.5, 0.6) is 0 Å². The molecule has 1 aliphatic heterocycles. The smallest absolute Gasteiger partial charge is 0.179 e. The molecule has 1 aromatic carbocycles. The zero-order valence-electron chi connectivity index (χ0n) is 12.3. The summed E-state index contributed by atoms with van der Waals surface area (Å²) in [4.78, 5) is 14.7. The SMILES string of the molecule is CC1CN(C(=S)Nc2cccc(Cl)c2)C(=Nc2cnccn2)S1. The van der Waals surface area contributed by atoms with Crippen LogP contribution < -0.4 is 5.32 Å². The van der Waals surface area contributed by atoms with Crippen molar-refractivity contribution in [3.8, 4) is 0 Å². The number of benzene rings is 1. The van der Waals surface area contributed by atoms with Crippen LogP contribution in [0.4, 0.5) is 11.5 Å². The molecule has 2 heterocycles. The average Bonchev–Trinajstić information content (AvgIpc) is 2.89. The maximum Gasteiger partial charge on any atom is 0.179 e. The van der Waals surface area contributed by atoms with Gasteiger partial charge in [-0.25, -0.2) is 9.98 Å². The lowest BCUT2D eigenvalue weighted by Gasteiger charge is -2.20. The molecule has 0 amide bonds. The lowest BCUT2D eigenvalue weighted by atomic mass is 10.3. The van der Waals surface area contributed by atoms with E-state index in [1.54, 1.807) is 30.4 Å². The van der Waals surface area contributed by atoms with E-state index in [1.807, 2.05) is 29.2 Å². The van der Waals surface area contributed by atoms with Gasteiger partial charge in [-0.05, 0) is 30.4 Å². The Morgan fingerprint density at radius 3 is 3.09 bits per heavy atom. The molecular formula is C15H14ClN5S2. The maximum atomic E-state index is 6.01. The Bertz CT molecular complexity index is 738. The molecule has 2 aromatic rings. The van der Waals surface area contributed by atoms with Gasteiger partial charge in [0.05, 0.1) is 6.20 Å². The predicted octanol–water partition coefficient (Wildman–Crippen LogP) is 3.95. The molecule has 5 nitrogen and oxygen atoms in total. The normalized spacial score (nSPS) is 19.1. The molecule has 3 rings (SSSR count). The van der Waals surface area contributed by atoms with Gasteiger partial charge in [0, 0.05) is 34.9 Å². The third-order valence-electron chi connectivity index (χ3n) is 3.06. The van der Waals surface area contributed by atoms with Gasteiger partial charge in [0.15, 0.2) is 16.1 Å². The lowest BCUT2D eigenvalue weighted by Crippen LogP contribution is -2.36. The number of anilines is 1. The van der Waals surface area contributed by atoms with E-state index in [2.05, 4.69) is 27.2 Å². The highest BCUT2D eigenvalue weighted by molar-refractivity contribution is 8.14. The van der Waals surface area contributed by atoms with E-state index in [9.17, 15) is 0 Å². The molecule has 23 heavy (non-hydrogen) atoms. The van der Waals surface area contributed by atoms with Crippen molar-refractivity contribution in [3.63, 3.8) is 0 Å². The van der Waals surface area contributed by atoms with Gasteiger partial charge >= 0.3 is 0 Å². The van der Waals surface area contributed by atoms with Crippen LogP contribution in [0, 0.1) is 0 Å². The van der Waals surface area contributed by atoms with Crippen LogP contribution in [0.3, 0.4) is 0 Å². The highest BCUT2D eigenvalue weighted by atomic mass is 35.5. The Hall–Kier alpha value is -1.70. The summed E-state index contributed by atoms with van der Waals surface area (Å²) in [5.74, 6) is 0.569. The number of amidine groups is 1. The Balaban J connectivity index is 1.79. The molecule has 8 heteroatoms. The van der Waals surface area contributed by atoms with Gasteiger partial charge < -0.3 is 5.32 Å². The molecule has 1 aromatic heterocycles. The van der Waals surface area contributed by atoms with E-state index < -0.39 is 0 Å². The number of nitrogens with zero attached hydrogens (tertiary/aromatic N) is 4. The summed E-state index contributed by atoms with van der Waals surface area (Å²) in [7, 11) is 0. The zero-order chi connectivity index (χ0) is 16.2. The van der Waals surface area contributed by atoms with Crippen LogP contribution in [0.15, 0.2) is 47.8 Å². The van der Waals surface area contributed by atoms with Gasteiger partial charge in [-0.3, -0.25) is 9.88 Å². The van der Waals surface area contributed by atoms with Gasteiger partial charge in [0.1, 0.15) is 0 Å². The van der Waals surface area contributed by atoms with Crippen molar-refractivity contribution in [3.05, 3.63) is 47.9 Å². The van der Waals surface area contributed by atoms with E-state index >= 15 is 0 Å². The Morgan fingerprint density at radius 2 is 2.35 bits per heavy atom. The number of aliphatic imine (C=N–C) groups is 1. The van der Waals surface area contributed by atoms with Crippen LogP contribution in [0.1, 0.15) is 6.92 Å². The molecule has 1 fully saturated rings. The van der Waals surface area contributed by atoms with Crippen molar-refractivity contribution >= 4 is 57.4 Å². The van der Waals surface area contributed by atoms with E-state index in [-0.39, 0.29) is 0 Å². The van der Waals surface area contributed by atoms with Crippen molar-refractivity contribution < 1.29 is 0 Å². The number of thiocarbonyl (C=S) groups is 1. The molecule has 0 bridgehead atoms. The van der Waals surface area contributed by atoms with Crippen LogP contribution in [0.25, 0.3) is 0 Å². The molecule has 0 spiro atoms. The van der Waals surface area contributed by atoms with Crippen molar-refractivity contribution in [1.29, 1.82) is 0 Å². The van der Waals surface area contributed by atoms with Crippen molar-refractivity contribution in [1.82, 2.24) is 14.9 Å². The van der Waals surface area contributed by atoms with Gasteiger partial charge in [-0.15, -0.1) is 0 Å². The number of rotatable bonds is 2. The van der Waals surface area contributed by atoms with E-state index in [1.165, 1.54) is 0 Å². The third kappa shape index (κ3) is 4.19. The monoisotopic (exact) mass is 363 g/mol. The molecule has 1 unspecified atom stereocenters. The van der Waals surface area contributed by atoms with Crippen molar-refractivity contribution in [2.45, 2.75) is 12.2 Å². The number of hydrogen-bond donors (Lipinski definition) is 1. The molecule has 0 aliphatic carbocycles. The average molecular weight is 364 g/mol. The molecule has 1 aliphatic rings. The number of nitrogens with one attached hydrogen (secondary N) is 1. The minimum atomic E-state index is 0.393. The highest BCUT2D eigenvalue weighted by Gasteiger charge is 2.29. The second-order valence-electron chi connectivity index (χ2n) is 4.94. The van der Waals surface area contributed by atoms with E-state index in [0.29, 0.717) is 21.2 Å². The molecule has 118 valence electrons. The number of halogens is 1. The molecule has 0 radical (unpaired) electrons. The summed E-state index contributed by atoms with van der Waals surface area (Å²) >= 11 is 13.2. The second kappa shape index (κ2) is 7.25. The van der Waals surface area contributed by atoms with E-state index in [4.69, 9.17) is 23.8 Å². The third-order valence-corrected chi connectivity index (χ3v) is 4.69. The fourth-order valence-electron chi connectivity index (χ4n) is 2.08. The molecule has 1 N–H and O–H groups in total. The quantitative estimate of drug-likeness (QED) is 0.815. The summed E-state index contributed by atoms with van der Waals surface area (Å²) in [6, 6.07) is 7.46.